The number of halogens is 2. The quantitative estimate of drug-likeness (QED) is 0.814. The van der Waals surface area contributed by atoms with Crippen LogP contribution < -0.4 is 5.32 Å². The van der Waals surface area contributed by atoms with Gasteiger partial charge in [-0.15, -0.1) is 0 Å². The molecule has 0 saturated carbocycles. The third kappa shape index (κ3) is 4.38. The molecule has 0 unspecified atom stereocenters. The summed E-state index contributed by atoms with van der Waals surface area (Å²) < 4.78 is 29.9. The summed E-state index contributed by atoms with van der Waals surface area (Å²) in [5.41, 5.74) is 0.405. The predicted molar refractivity (Wildman–Crippen MR) is 74.0 cm³/mol. The molecule has 1 heterocycles. The highest BCUT2D eigenvalue weighted by Crippen LogP contribution is 2.31. The van der Waals surface area contributed by atoms with E-state index in [2.05, 4.69) is 5.32 Å². The number of carbonyl (C=O) groups is 1. The molecule has 0 aliphatic heterocycles. The van der Waals surface area contributed by atoms with Crippen LogP contribution in [0.1, 0.15) is 12.2 Å². The van der Waals surface area contributed by atoms with E-state index in [4.69, 9.17) is 4.42 Å². The molecular weight excluding hydrogens is 284 g/mol. The van der Waals surface area contributed by atoms with Crippen LogP contribution in [0.25, 0.3) is 0 Å². The predicted octanol–water partition coefficient (Wildman–Crippen LogP) is 4.17. The lowest BCUT2D eigenvalue weighted by atomic mass is 10.2. The SMILES string of the molecule is O=C(CCc1ccco1)Nc1ccccc1SC(F)F. The van der Waals surface area contributed by atoms with Gasteiger partial charge in [-0.25, -0.2) is 0 Å². The normalized spacial score (nSPS) is 10.8. The van der Waals surface area contributed by atoms with E-state index >= 15 is 0 Å². The Morgan fingerprint density at radius 1 is 1.25 bits per heavy atom. The van der Waals surface area contributed by atoms with E-state index in [1.54, 1.807) is 42.7 Å². The van der Waals surface area contributed by atoms with Crippen LogP contribution in [-0.4, -0.2) is 11.7 Å². The molecule has 6 heteroatoms. The fourth-order valence-electron chi connectivity index (χ4n) is 1.67. The number of aryl methyl sites for hydroxylation is 1. The zero-order valence-electron chi connectivity index (χ0n) is 10.5. The monoisotopic (exact) mass is 297 g/mol. The molecule has 1 aromatic heterocycles. The summed E-state index contributed by atoms with van der Waals surface area (Å²) in [6, 6.07) is 10.0. The molecule has 1 aromatic carbocycles. The van der Waals surface area contributed by atoms with Gasteiger partial charge in [-0.05, 0) is 24.3 Å². The fourth-order valence-corrected chi connectivity index (χ4v) is 2.27. The number of amides is 1. The summed E-state index contributed by atoms with van der Waals surface area (Å²) in [5.74, 6) is -2.03. The molecule has 0 fully saturated rings. The Kier molecular flexibility index (Phi) is 5.17. The maximum absolute atomic E-state index is 12.4. The van der Waals surface area contributed by atoms with E-state index in [9.17, 15) is 13.6 Å². The summed E-state index contributed by atoms with van der Waals surface area (Å²) in [4.78, 5) is 12.2. The Bertz CT molecular complexity index is 558. The van der Waals surface area contributed by atoms with E-state index < -0.39 is 5.76 Å². The van der Waals surface area contributed by atoms with Crippen molar-refractivity contribution in [2.45, 2.75) is 23.5 Å². The molecule has 2 aromatic rings. The molecule has 1 amide bonds. The number of benzene rings is 1. The summed E-state index contributed by atoms with van der Waals surface area (Å²) >= 11 is 0.416. The minimum absolute atomic E-state index is 0.233. The first-order chi connectivity index (χ1) is 9.65. The lowest BCUT2D eigenvalue weighted by Gasteiger charge is -2.09. The zero-order chi connectivity index (χ0) is 14.4. The minimum Gasteiger partial charge on any atom is -0.469 e. The maximum Gasteiger partial charge on any atom is 0.288 e. The highest BCUT2D eigenvalue weighted by molar-refractivity contribution is 7.99. The molecular formula is C14H13F2NO2S. The number of alkyl halides is 2. The summed E-state index contributed by atoms with van der Waals surface area (Å²) in [7, 11) is 0. The summed E-state index contributed by atoms with van der Waals surface area (Å²) in [6.07, 6.45) is 2.26. The minimum atomic E-state index is -2.52. The van der Waals surface area contributed by atoms with Crippen LogP contribution in [0.3, 0.4) is 0 Å². The van der Waals surface area contributed by atoms with Gasteiger partial charge in [-0.1, -0.05) is 23.9 Å². The molecule has 0 saturated heterocycles. The Morgan fingerprint density at radius 2 is 2.05 bits per heavy atom. The van der Waals surface area contributed by atoms with Gasteiger partial charge < -0.3 is 9.73 Å². The molecule has 0 bridgehead atoms. The molecule has 1 N–H and O–H groups in total. The Labute approximate surface area is 119 Å². The smallest absolute Gasteiger partial charge is 0.288 e. The Balaban J connectivity index is 1.93. The second-order valence-electron chi connectivity index (χ2n) is 4.00. The summed E-state index contributed by atoms with van der Waals surface area (Å²) in [5, 5.41) is 2.64. The molecule has 0 aliphatic rings. The van der Waals surface area contributed by atoms with Crippen molar-refractivity contribution in [3.8, 4) is 0 Å². The Morgan fingerprint density at radius 3 is 2.75 bits per heavy atom. The first-order valence-electron chi connectivity index (χ1n) is 6.01. The van der Waals surface area contributed by atoms with E-state index in [0.29, 0.717) is 28.8 Å². The third-order valence-electron chi connectivity index (χ3n) is 2.56. The van der Waals surface area contributed by atoms with Crippen molar-refractivity contribution in [2.24, 2.45) is 0 Å². The van der Waals surface area contributed by atoms with Gasteiger partial charge in [0.2, 0.25) is 5.91 Å². The van der Waals surface area contributed by atoms with Crippen LogP contribution in [0.4, 0.5) is 14.5 Å². The first kappa shape index (κ1) is 14.6. The molecule has 3 nitrogen and oxygen atoms in total. The van der Waals surface area contributed by atoms with E-state index in [1.807, 2.05) is 0 Å². The van der Waals surface area contributed by atoms with Crippen molar-refractivity contribution in [2.75, 3.05) is 5.32 Å². The maximum atomic E-state index is 12.4. The fraction of sp³-hybridized carbons (Fsp3) is 0.214. The molecule has 0 spiro atoms. The van der Waals surface area contributed by atoms with Crippen LogP contribution in [0.5, 0.6) is 0 Å². The van der Waals surface area contributed by atoms with Crippen LogP contribution in [-0.2, 0) is 11.2 Å². The highest BCUT2D eigenvalue weighted by atomic mass is 32.2. The van der Waals surface area contributed by atoms with Gasteiger partial charge in [-0.2, -0.15) is 8.78 Å². The van der Waals surface area contributed by atoms with E-state index in [-0.39, 0.29) is 12.3 Å². The van der Waals surface area contributed by atoms with Gasteiger partial charge in [-0.3, -0.25) is 4.79 Å². The standard InChI is InChI=1S/C14H13F2NO2S/c15-14(16)20-12-6-2-1-5-11(12)17-13(18)8-7-10-4-3-9-19-10/h1-6,9,14H,7-8H2,(H,17,18). The van der Waals surface area contributed by atoms with E-state index in [1.165, 1.54) is 0 Å². The second kappa shape index (κ2) is 7.09. The number of furan rings is 1. The molecule has 0 atom stereocenters. The van der Waals surface area contributed by atoms with Gasteiger partial charge >= 0.3 is 0 Å². The van der Waals surface area contributed by atoms with Gasteiger partial charge in [0, 0.05) is 17.7 Å². The molecule has 2 rings (SSSR count). The number of rotatable bonds is 6. The van der Waals surface area contributed by atoms with Gasteiger partial charge in [0.25, 0.3) is 5.76 Å². The van der Waals surface area contributed by atoms with Crippen LogP contribution in [0.15, 0.2) is 52.0 Å². The van der Waals surface area contributed by atoms with Crippen molar-refractivity contribution in [3.05, 3.63) is 48.4 Å². The number of para-hydroxylation sites is 1. The van der Waals surface area contributed by atoms with Crippen molar-refractivity contribution < 1.29 is 18.0 Å². The highest BCUT2D eigenvalue weighted by Gasteiger charge is 2.12. The van der Waals surface area contributed by atoms with Crippen LogP contribution >= 0.6 is 11.8 Å². The molecule has 0 aliphatic carbocycles. The van der Waals surface area contributed by atoms with Gasteiger partial charge in [0.05, 0.1) is 12.0 Å². The number of anilines is 1. The lowest BCUT2D eigenvalue weighted by molar-refractivity contribution is -0.116. The summed E-state index contributed by atoms with van der Waals surface area (Å²) in [6.45, 7) is 0. The molecule has 106 valence electrons. The average molecular weight is 297 g/mol. The van der Waals surface area contributed by atoms with Crippen molar-refractivity contribution in [1.82, 2.24) is 0 Å². The third-order valence-corrected chi connectivity index (χ3v) is 3.34. The van der Waals surface area contributed by atoms with Gasteiger partial charge in [0.1, 0.15) is 5.76 Å². The molecule has 20 heavy (non-hydrogen) atoms. The molecule has 0 radical (unpaired) electrons. The van der Waals surface area contributed by atoms with Crippen LogP contribution in [0, 0.1) is 0 Å². The van der Waals surface area contributed by atoms with E-state index in [0.717, 1.165) is 5.76 Å². The first-order valence-corrected chi connectivity index (χ1v) is 6.89. The number of hydrogen-bond donors (Lipinski definition) is 1. The van der Waals surface area contributed by atoms with Crippen LogP contribution in [0.2, 0.25) is 0 Å². The zero-order valence-corrected chi connectivity index (χ0v) is 11.3. The second-order valence-corrected chi connectivity index (χ2v) is 5.03. The largest absolute Gasteiger partial charge is 0.469 e. The van der Waals surface area contributed by atoms with Crippen molar-refractivity contribution in [1.29, 1.82) is 0 Å². The van der Waals surface area contributed by atoms with Crippen molar-refractivity contribution in [3.63, 3.8) is 0 Å². The topological polar surface area (TPSA) is 42.2 Å². The lowest BCUT2D eigenvalue weighted by Crippen LogP contribution is -2.12. The average Bonchev–Trinajstić information content (AvgIpc) is 2.91. The Hall–Kier alpha value is -1.82. The number of carbonyl (C=O) groups excluding carboxylic acids is 1. The number of nitrogens with one attached hydrogen (secondary N) is 1. The number of thioether (sulfide) groups is 1. The number of hydrogen-bond acceptors (Lipinski definition) is 3. The van der Waals surface area contributed by atoms with Gasteiger partial charge in [0.15, 0.2) is 0 Å². The van der Waals surface area contributed by atoms with Crippen molar-refractivity contribution >= 4 is 23.4 Å².